The van der Waals surface area contributed by atoms with Crippen molar-refractivity contribution in [1.82, 2.24) is 14.5 Å². The number of imidazole rings is 1. The van der Waals surface area contributed by atoms with Crippen LogP contribution in [0, 0.1) is 0 Å². The standard InChI is InChI=1S/C29H32N4O3/c34-28-30-26-14-7-8-15-27(26)33(28)25-16-19-31(20-17-25)29(35)36-21-9-18-32(24-12-5-2-6-13-24)22-23-10-3-1-4-11-23/h1-8,10-15,25H,9,16-22H2,(H,30,34). The topological polar surface area (TPSA) is 70.6 Å². The van der Waals surface area contributed by atoms with Crippen LogP contribution < -0.4 is 10.6 Å². The SMILES string of the molecule is O=C(OCCCN(Cc1ccccc1)c1ccccc1)N1CCC(n2c(=O)[nH]c3ccccc32)CC1. The van der Waals surface area contributed by atoms with Gasteiger partial charge in [-0.2, -0.15) is 0 Å². The number of carbonyl (C=O) groups is 1. The van der Waals surface area contributed by atoms with Crippen LogP contribution in [0.2, 0.25) is 0 Å². The smallest absolute Gasteiger partial charge is 0.409 e. The second kappa shape index (κ2) is 11.2. The van der Waals surface area contributed by atoms with Crippen LogP contribution in [0.25, 0.3) is 11.0 Å². The van der Waals surface area contributed by atoms with Crippen molar-refractivity contribution in [3.8, 4) is 0 Å². The highest BCUT2D eigenvalue weighted by Gasteiger charge is 2.26. The van der Waals surface area contributed by atoms with Gasteiger partial charge in [0.1, 0.15) is 0 Å². The molecule has 1 saturated heterocycles. The first-order valence-electron chi connectivity index (χ1n) is 12.6. The average Bonchev–Trinajstić information content (AvgIpc) is 3.27. The highest BCUT2D eigenvalue weighted by atomic mass is 16.6. The molecule has 0 atom stereocenters. The molecule has 0 aliphatic carbocycles. The quantitative estimate of drug-likeness (QED) is 0.349. The number of aromatic amines is 1. The van der Waals surface area contributed by atoms with Gasteiger partial charge >= 0.3 is 11.8 Å². The number of carbonyl (C=O) groups excluding carboxylic acids is 1. The van der Waals surface area contributed by atoms with Crippen LogP contribution in [0.5, 0.6) is 0 Å². The molecule has 0 spiro atoms. The number of aromatic nitrogens is 2. The number of ether oxygens (including phenoxy) is 1. The van der Waals surface area contributed by atoms with Gasteiger partial charge in [0.2, 0.25) is 0 Å². The number of fused-ring (bicyclic) bond motifs is 1. The Morgan fingerprint density at radius 2 is 1.58 bits per heavy atom. The number of nitrogens with one attached hydrogen (secondary N) is 1. The molecule has 1 fully saturated rings. The van der Waals surface area contributed by atoms with Crippen molar-refractivity contribution in [1.29, 1.82) is 0 Å². The molecule has 36 heavy (non-hydrogen) atoms. The summed E-state index contributed by atoms with van der Waals surface area (Å²) in [6, 6.07) is 28.5. The van der Waals surface area contributed by atoms with E-state index in [1.54, 1.807) is 4.90 Å². The molecule has 4 aromatic rings. The zero-order chi connectivity index (χ0) is 24.7. The largest absolute Gasteiger partial charge is 0.449 e. The maximum atomic E-state index is 12.7. The number of hydrogen-bond donors (Lipinski definition) is 1. The molecule has 0 unspecified atom stereocenters. The van der Waals surface area contributed by atoms with Crippen molar-refractivity contribution in [2.75, 3.05) is 31.1 Å². The Bertz CT molecular complexity index is 1320. The number of benzene rings is 3. The summed E-state index contributed by atoms with van der Waals surface area (Å²) in [6.45, 7) is 3.13. The Morgan fingerprint density at radius 3 is 2.33 bits per heavy atom. The van der Waals surface area contributed by atoms with E-state index in [2.05, 4.69) is 46.3 Å². The summed E-state index contributed by atoms with van der Waals surface area (Å²) in [5.74, 6) is 0. The van der Waals surface area contributed by atoms with Gasteiger partial charge in [-0.15, -0.1) is 0 Å². The number of anilines is 1. The van der Waals surface area contributed by atoms with E-state index in [1.807, 2.05) is 53.1 Å². The molecule has 1 N–H and O–H groups in total. The first-order valence-corrected chi connectivity index (χ1v) is 12.6. The van der Waals surface area contributed by atoms with Crippen molar-refractivity contribution in [2.24, 2.45) is 0 Å². The summed E-state index contributed by atoms with van der Waals surface area (Å²) >= 11 is 0. The molecule has 7 nitrogen and oxygen atoms in total. The fraction of sp³-hybridized carbons (Fsp3) is 0.310. The van der Waals surface area contributed by atoms with Gasteiger partial charge in [0.15, 0.2) is 0 Å². The predicted octanol–water partition coefficient (Wildman–Crippen LogP) is 5.20. The fourth-order valence-electron chi connectivity index (χ4n) is 4.99. The maximum Gasteiger partial charge on any atom is 0.409 e. The van der Waals surface area contributed by atoms with Crippen LogP contribution in [-0.4, -0.2) is 46.8 Å². The third kappa shape index (κ3) is 5.46. The maximum absolute atomic E-state index is 12.7. The number of hydrogen-bond acceptors (Lipinski definition) is 4. The Kier molecular flexibility index (Phi) is 7.36. The van der Waals surface area contributed by atoms with Gasteiger partial charge in [0.25, 0.3) is 0 Å². The third-order valence-corrected chi connectivity index (χ3v) is 6.85. The minimum atomic E-state index is -0.269. The van der Waals surface area contributed by atoms with Gasteiger partial charge in [-0.25, -0.2) is 9.59 Å². The Hall–Kier alpha value is -4.00. The number of piperidine rings is 1. The van der Waals surface area contributed by atoms with E-state index in [4.69, 9.17) is 4.74 Å². The normalized spacial score (nSPS) is 14.2. The number of para-hydroxylation sites is 3. The highest BCUT2D eigenvalue weighted by molar-refractivity contribution is 5.75. The number of likely N-dealkylation sites (tertiary alicyclic amines) is 1. The van der Waals surface area contributed by atoms with E-state index in [0.717, 1.165) is 49.1 Å². The van der Waals surface area contributed by atoms with Crippen LogP contribution in [-0.2, 0) is 11.3 Å². The van der Waals surface area contributed by atoms with Crippen molar-refractivity contribution >= 4 is 22.8 Å². The zero-order valence-corrected chi connectivity index (χ0v) is 20.4. The predicted molar refractivity (Wildman–Crippen MR) is 142 cm³/mol. The van der Waals surface area contributed by atoms with E-state index >= 15 is 0 Å². The molecular weight excluding hydrogens is 452 g/mol. The summed E-state index contributed by atoms with van der Waals surface area (Å²) in [5.41, 5.74) is 4.08. The molecule has 0 bridgehead atoms. The lowest BCUT2D eigenvalue weighted by molar-refractivity contribution is 0.0881. The van der Waals surface area contributed by atoms with Gasteiger partial charge in [-0.1, -0.05) is 60.7 Å². The molecule has 5 rings (SSSR count). The third-order valence-electron chi connectivity index (χ3n) is 6.85. The molecule has 7 heteroatoms. The lowest BCUT2D eigenvalue weighted by atomic mass is 10.0. The van der Waals surface area contributed by atoms with Crippen molar-refractivity contribution in [3.05, 3.63) is 101 Å². The Morgan fingerprint density at radius 1 is 0.917 bits per heavy atom. The van der Waals surface area contributed by atoms with Gasteiger partial charge < -0.3 is 19.5 Å². The molecule has 1 amide bonds. The van der Waals surface area contributed by atoms with Gasteiger partial charge in [-0.3, -0.25) is 4.57 Å². The highest BCUT2D eigenvalue weighted by Crippen LogP contribution is 2.25. The van der Waals surface area contributed by atoms with E-state index < -0.39 is 0 Å². The van der Waals surface area contributed by atoms with Gasteiger partial charge in [-0.05, 0) is 49.1 Å². The van der Waals surface area contributed by atoms with E-state index in [1.165, 1.54) is 5.56 Å². The molecule has 1 aliphatic heterocycles. The number of rotatable bonds is 8. The average molecular weight is 485 g/mol. The molecule has 0 saturated carbocycles. The second-order valence-corrected chi connectivity index (χ2v) is 9.25. The summed E-state index contributed by atoms with van der Waals surface area (Å²) in [7, 11) is 0. The summed E-state index contributed by atoms with van der Waals surface area (Å²) < 4.78 is 7.46. The van der Waals surface area contributed by atoms with E-state index in [0.29, 0.717) is 19.7 Å². The van der Waals surface area contributed by atoms with Crippen molar-refractivity contribution in [3.63, 3.8) is 0 Å². The Labute approximate surface area is 210 Å². The van der Waals surface area contributed by atoms with Gasteiger partial charge in [0.05, 0.1) is 17.6 Å². The lowest BCUT2D eigenvalue weighted by Crippen LogP contribution is -2.41. The summed E-state index contributed by atoms with van der Waals surface area (Å²) in [6.07, 6.45) is 1.94. The zero-order valence-electron chi connectivity index (χ0n) is 20.4. The number of nitrogens with zero attached hydrogens (tertiary/aromatic N) is 3. The minimum absolute atomic E-state index is 0.0788. The molecule has 0 radical (unpaired) electrons. The van der Waals surface area contributed by atoms with Crippen LogP contribution in [0.3, 0.4) is 0 Å². The fourth-order valence-corrected chi connectivity index (χ4v) is 4.99. The van der Waals surface area contributed by atoms with E-state index in [9.17, 15) is 9.59 Å². The van der Waals surface area contributed by atoms with Crippen LogP contribution in [0.4, 0.5) is 10.5 Å². The van der Waals surface area contributed by atoms with Gasteiger partial charge in [0, 0.05) is 37.9 Å². The summed E-state index contributed by atoms with van der Waals surface area (Å²) in [4.78, 5) is 32.2. The summed E-state index contributed by atoms with van der Waals surface area (Å²) in [5, 5.41) is 0. The first-order chi connectivity index (χ1) is 17.7. The molecular formula is C29H32N4O3. The molecule has 1 aromatic heterocycles. The number of H-pyrrole nitrogens is 1. The lowest BCUT2D eigenvalue weighted by Gasteiger charge is -2.32. The van der Waals surface area contributed by atoms with Crippen LogP contribution in [0.1, 0.15) is 30.9 Å². The van der Waals surface area contributed by atoms with E-state index in [-0.39, 0.29) is 17.8 Å². The van der Waals surface area contributed by atoms with Crippen LogP contribution in [0.15, 0.2) is 89.7 Å². The molecule has 1 aliphatic rings. The Balaban J connectivity index is 1.11. The molecule has 186 valence electrons. The molecule has 2 heterocycles. The molecule has 3 aromatic carbocycles. The van der Waals surface area contributed by atoms with Crippen molar-refractivity contribution in [2.45, 2.75) is 31.8 Å². The van der Waals surface area contributed by atoms with Crippen LogP contribution >= 0.6 is 0 Å². The second-order valence-electron chi connectivity index (χ2n) is 9.25. The number of amides is 1. The van der Waals surface area contributed by atoms with Crippen molar-refractivity contribution < 1.29 is 9.53 Å². The first kappa shape index (κ1) is 23.7. The minimum Gasteiger partial charge on any atom is -0.449 e. The monoisotopic (exact) mass is 484 g/mol.